The van der Waals surface area contributed by atoms with E-state index in [2.05, 4.69) is 23.9 Å². The van der Waals surface area contributed by atoms with E-state index in [0.29, 0.717) is 6.42 Å². The van der Waals surface area contributed by atoms with Crippen LogP contribution in [0.25, 0.3) is 10.4 Å². The van der Waals surface area contributed by atoms with Crippen molar-refractivity contribution >= 4 is 0 Å². The van der Waals surface area contributed by atoms with Gasteiger partial charge in [-0.3, -0.25) is 0 Å². The molecule has 0 aliphatic heterocycles. The molecule has 5 nitrogen and oxygen atoms in total. The zero-order valence-electron chi connectivity index (χ0n) is 10.7. The second-order valence-corrected chi connectivity index (χ2v) is 4.52. The highest BCUT2D eigenvalue weighted by Gasteiger charge is 2.31. The van der Waals surface area contributed by atoms with Gasteiger partial charge in [0.1, 0.15) is 6.10 Å². The summed E-state index contributed by atoms with van der Waals surface area (Å²) in [5, 5.41) is 13.7. The Labute approximate surface area is 102 Å². The van der Waals surface area contributed by atoms with Crippen molar-refractivity contribution in [3.05, 3.63) is 22.1 Å². The second-order valence-electron chi connectivity index (χ2n) is 4.52. The molecule has 0 amide bonds. The van der Waals surface area contributed by atoms with Crippen molar-refractivity contribution in [2.24, 2.45) is 5.11 Å². The first-order chi connectivity index (χ1) is 8.12. The number of aliphatic hydroxyl groups excluding tert-OH is 1. The highest BCUT2D eigenvalue weighted by Crippen LogP contribution is 2.25. The van der Waals surface area contributed by atoms with Crippen molar-refractivity contribution < 1.29 is 9.84 Å². The summed E-state index contributed by atoms with van der Waals surface area (Å²) in [5.41, 5.74) is 9.57. The predicted octanol–water partition coefficient (Wildman–Crippen LogP) is 2.95. The largest absolute Gasteiger partial charge is 0.390 e. The molecular weight excluding hydrogens is 218 g/mol. The Balaban J connectivity index is 2.76. The molecule has 17 heavy (non-hydrogen) atoms. The second kappa shape index (κ2) is 6.64. The van der Waals surface area contributed by atoms with Gasteiger partial charge in [0.15, 0.2) is 0 Å². The lowest BCUT2D eigenvalue weighted by Gasteiger charge is -2.32. The number of hydrogen-bond donors (Lipinski definition) is 1. The molecular formula is C12H21N3O2. The summed E-state index contributed by atoms with van der Waals surface area (Å²) in [5.74, 6) is 0. The summed E-state index contributed by atoms with van der Waals surface area (Å²) in [6.45, 7) is 6.09. The van der Waals surface area contributed by atoms with Gasteiger partial charge in [0.25, 0.3) is 0 Å². The van der Waals surface area contributed by atoms with E-state index in [0.717, 1.165) is 18.4 Å². The van der Waals surface area contributed by atoms with Crippen LogP contribution in [0.4, 0.5) is 0 Å². The van der Waals surface area contributed by atoms with E-state index in [1.54, 1.807) is 0 Å². The molecule has 1 aliphatic rings. The molecule has 0 aromatic rings. The number of hydrogen-bond acceptors (Lipinski definition) is 3. The molecule has 0 aromatic carbocycles. The van der Waals surface area contributed by atoms with E-state index < -0.39 is 12.1 Å². The van der Waals surface area contributed by atoms with Crippen LogP contribution in [0.5, 0.6) is 0 Å². The van der Waals surface area contributed by atoms with Crippen molar-refractivity contribution in [2.75, 3.05) is 0 Å². The number of nitrogens with zero attached hydrogens (tertiary/aromatic N) is 3. The zero-order chi connectivity index (χ0) is 12.8. The average molecular weight is 239 g/mol. The molecule has 0 heterocycles. The Bertz CT molecular complexity index is 320. The molecule has 0 bridgehead atoms. The Morgan fingerprint density at radius 1 is 1.59 bits per heavy atom. The predicted molar refractivity (Wildman–Crippen MR) is 66.6 cm³/mol. The van der Waals surface area contributed by atoms with Gasteiger partial charge in [0.05, 0.1) is 18.2 Å². The lowest BCUT2D eigenvalue weighted by molar-refractivity contribution is -0.0660. The topological polar surface area (TPSA) is 78.2 Å². The van der Waals surface area contributed by atoms with E-state index in [-0.39, 0.29) is 12.2 Å². The van der Waals surface area contributed by atoms with Crippen molar-refractivity contribution in [3.8, 4) is 0 Å². The average Bonchev–Trinajstić information content (AvgIpc) is 2.31. The van der Waals surface area contributed by atoms with Gasteiger partial charge in [-0.05, 0) is 31.7 Å². The van der Waals surface area contributed by atoms with Crippen LogP contribution in [0, 0.1) is 0 Å². The van der Waals surface area contributed by atoms with Gasteiger partial charge in [-0.2, -0.15) is 0 Å². The lowest BCUT2D eigenvalue weighted by atomic mass is 9.91. The van der Waals surface area contributed by atoms with E-state index in [1.165, 1.54) is 0 Å². The van der Waals surface area contributed by atoms with E-state index in [9.17, 15) is 5.11 Å². The van der Waals surface area contributed by atoms with E-state index in [4.69, 9.17) is 10.3 Å². The quantitative estimate of drug-likeness (QED) is 0.346. The van der Waals surface area contributed by atoms with Crippen LogP contribution in [0.1, 0.15) is 40.0 Å². The van der Waals surface area contributed by atoms with Gasteiger partial charge in [0.2, 0.25) is 0 Å². The maximum Gasteiger partial charge on any atom is 0.102 e. The number of rotatable bonds is 5. The lowest BCUT2D eigenvalue weighted by Crippen LogP contribution is -2.41. The van der Waals surface area contributed by atoms with Crippen molar-refractivity contribution in [1.29, 1.82) is 0 Å². The van der Waals surface area contributed by atoms with Crippen LogP contribution in [0.3, 0.4) is 0 Å². The van der Waals surface area contributed by atoms with Crippen molar-refractivity contribution in [2.45, 2.75) is 64.4 Å². The summed E-state index contributed by atoms with van der Waals surface area (Å²) in [4.78, 5) is 2.78. The number of azide groups is 1. The van der Waals surface area contributed by atoms with Gasteiger partial charge >= 0.3 is 0 Å². The van der Waals surface area contributed by atoms with Gasteiger partial charge < -0.3 is 9.84 Å². The fourth-order valence-corrected chi connectivity index (χ4v) is 2.12. The minimum Gasteiger partial charge on any atom is -0.390 e. The van der Waals surface area contributed by atoms with Gasteiger partial charge in [-0.1, -0.05) is 30.6 Å². The third-order valence-corrected chi connectivity index (χ3v) is 3.17. The Kier molecular flexibility index (Phi) is 5.48. The highest BCUT2D eigenvalue weighted by molar-refractivity contribution is 5.14. The van der Waals surface area contributed by atoms with Crippen molar-refractivity contribution in [1.82, 2.24) is 0 Å². The van der Waals surface area contributed by atoms with Gasteiger partial charge in [0, 0.05) is 4.91 Å². The molecule has 0 radical (unpaired) electrons. The maximum absolute atomic E-state index is 10.1. The smallest absolute Gasteiger partial charge is 0.102 e. The normalized spacial score (nSPS) is 28.8. The van der Waals surface area contributed by atoms with E-state index in [1.807, 2.05) is 13.0 Å². The summed E-state index contributed by atoms with van der Waals surface area (Å²) in [6, 6.07) is -0.413. The SMILES string of the molecule is CCC(CC)O[C@@H]1C=C(C)C[C@@H](N=[N+]=[N-])[C@@H]1O. The first-order valence-electron chi connectivity index (χ1n) is 6.17. The summed E-state index contributed by atoms with van der Waals surface area (Å²) >= 11 is 0. The molecule has 0 fully saturated rings. The molecule has 1 aliphatic carbocycles. The van der Waals surface area contributed by atoms with Gasteiger partial charge in [-0.15, -0.1) is 0 Å². The van der Waals surface area contributed by atoms with Crippen molar-refractivity contribution in [3.63, 3.8) is 0 Å². The Morgan fingerprint density at radius 3 is 2.76 bits per heavy atom. The minimum absolute atomic E-state index is 0.142. The van der Waals surface area contributed by atoms with Crippen LogP contribution < -0.4 is 0 Å². The molecule has 0 unspecified atom stereocenters. The zero-order valence-corrected chi connectivity index (χ0v) is 10.7. The molecule has 1 rings (SSSR count). The van der Waals surface area contributed by atoms with E-state index >= 15 is 0 Å². The van der Waals surface area contributed by atoms with Crippen LogP contribution in [0.2, 0.25) is 0 Å². The maximum atomic E-state index is 10.1. The first kappa shape index (κ1) is 14.0. The summed E-state index contributed by atoms with van der Waals surface area (Å²) in [7, 11) is 0. The molecule has 3 atom stereocenters. The Morgan fingerprint density at radius 2 is 2.24 bits per heavy atom. The standard InChI is InChI=1S/C12H21N3O2/c1-4-9(5-2)17-11-7-8(3)6-10(12(11)16)14-15-13/h7,9-12,16H,4-6H2,1-3H3/t10-,11-,12+/m1/s1. The fraction of sp³-hybridized carbons (Fsp3) is 0.833. The fourth-order valence-electron chi connectivity index (χ4n) is 2.12. The summed E-state index contributed by atoms with van der Waals surface area (Å²) in [6.07, 6.45) is 3.42. The third-order valence-electron chi connectivity index (χ3n) is 3.17. The highest BCUT2D eigenvalue weighted by atomic mass is 16.5. The van der Waals surface area contributed by atoms with Crippen LogP contribution >= 0.6 is 0 Å². The minimum atomic E-state index is -0.741. The Hall–Kier alpha value is -1.03. The number of aliphatic hydroxyl groups is 1. The van der Waals surface area contributed by atoms with Crippen LogP contribution in [-0.2, 0) is 4.74 Å². The third kappa shape index (κ3) is 3.73. The monoisotopic (exact) mass is 239 g/mol. The molecule has 0 aromatic heterocycles. The number of ether oxygens (including phenoxy) is 1. The molecule has 1 N–H and O–H groups in total. The van der Waals surface area contributed by atoms with Crippen LogP contribution in [-0.4, -0.2) is 29.5 Å². The molecule has 0 saturated heterocycles. The summed E-state index contributed by atoms with van der Waals surface area (Å²) < 4.78 is 5.84. The van der Waals surface area contributed by atoms with Crippen LogP contribution in [0.15, 0.2) is 16.8 Å². The first-order valence-corrected chi connectivity index (χ1v) is 6.17. The molecule has 0 spiro atoms. The molecule has 0 saturated carbocycles. The van der Waals surface area contributed by atoms with Gasteiger partial charge in [-0.25, -0.2) is 0 Å². The molecule has 96 valence electrons. The molecule has 5 heteroatoms.